The molecule has 4 nitrogen and oxygen atoms in total. The van der Waals surface area contributed by atoms with Gasteiger partial charge in [-0.2, -0.15) is 0 Å². The van der Waals surface area contributed by atoms with Crippen molar-refractivity contribution in [3.63, 3.8) is 0 Å². The van der Waals surface area contributed by atoms with Crippen molar-refractivity contribution in [2.45, 2.75) is 12.5 Å². The van der Waals surface area contributed by atoms with Gasteiger partial charge in [0.15, 0.2) is 0 Å². The van der Waals surface area contributed by atoms with E-state index in [4.69, 9.17) is 16.3 Å². The number of aromatic nitrogens is 1. The van der Waals surface area contributed by atoms with Gasteiger partial charge in [0, 0.05) is 29.1 Å². The Hall–Kier alpha value is -2.63. The lowest BCUT2D eigenvalue weighted by Crippen LogP contribution is -2.37. The molecule has 1 aliphatic rings. The van der Waals surface area contributed by atoms with E-state index in [0.29, 0.717) is 18.8 Å². The summed E-state index contributed by atoms with van der Waals surface area (Å²) in [7, 11) is 1.63. The van der Waals surface area contributed by atoms with Crippen LogP contribution in [-0.4, -0.2) is 29.4 Å². The van der Waals surface area contributed by atoms with Crippen molar-refractivity contribution in [1.29, 1.82) is 0 Å². The molecule has 0 aliphatic carbocycles. The van der Waals surface area contributed by atoms with Gasteiger partial charge in [0.1, 0.15) is 5.75 Å². The second-order valence-corrected chi connectivity index (χ2v) is 8.37. The molecule has 0 unspecified atom stereocenters. The average Bonchev–Trinajstić information content (AvgIpc) is 3.12. The number of carbonyl (C=O) groups is 1. The number of hydrogen-bond donors (Lipinski definition) is 0. The number of hydrogen-bond acceptors (Lipinski definition) is 4. The molecule has 0 saturated heterocycles. The van der Waals surface area contributed by atoms with Gasteiger partial charge in [-0.05, 0) is 34.9 Å². The van der Waals surface area contributed by atoms with E-state index in [9.17, 15) is 4.79 Å². The number of nitrogens with zero attached hydrogens (tertiary/aromatic N) is 2. The smallest absolute Gasteiger partial charge is 0.246 e. The number of methoxy groups -OCH3 is 1. The molecule has 28 heavy (non-hydrogen) atoms. The molecule has 0 saturated carbocycles. The highest BCUT2D eigenvalue weighted by molar-refractivity contribution is 7.16. The molecule has 1 atom stereocenters. The molecular weight excluding hydrogens is 392 g/mol. The number of fused-ring (bicyclic) bond motifs is 1. The zero-order chi connectivity index (χ0) is 19.7. The maximum atomic E-state index is 12.4. The van der Waals surface area contributed by atoms with Crippen LogP contribution in [0.2, 0.25) is 4.34 Å². The van der Waals surface area contributed by atoms with E-state index in [1.165, 1.54) is 23.0 Å². The third-order valence-corrected chi connectivity index (χ3v) is 6.27. The third-order valence-electron chi connectivity index (χ3n) is 5.01. The van der Waals surface area contributed by atoms with Crippen LogP contribution in [0, 0.1) is 0 Å². The number of pyridine rings is 1. The fourth-order valence-electron chi connectivity index (χ4n) is 3.69. The van der Waals surface area contributed by atoms with E-state index in [1.807, 2.05) is 35.4 Å². The van der Waals surface area contributed by atoms with Crippen LogP contribution in [0.3, 0.4) is 0 Å². The highest BCUT2D eigenvalue weighted by Crippen LogP contribution is 2.43. The Labute approximate surface area is 173 Å². The van der Waals surface area contributed by atoms with Gasteiger partial charge in [0.05, 0.1) is 24.2 Å². The number of carbonyl (C=O) groups excluding carboxylic acids is 1. The van der Waals surface area contributed by atoms with E-state index >= 15 is 0 Å². The van der Waals surface area contributed by atoms with Gasteiger partial charge in [-0.15, -0.1) is 11.3 Å². The van der Waals surface area contributed by atoms with E-state index < -0.39 is 0 Å². The molecule has 4 rings (SSSR count). The average molecular weight is 411 g/mol. The van der Waals surface area contributed by atoms with Gasteiger partial charge in [-0.1, -0.05) is 42.4 Å². The fraction of sp³-hybridized carbons (Fsp3) is 0.182. The zero-order valence-corrected chi connectivity index (χ0v) is 17.0. The van der Waals surface area contributed by atoms with Crippen molar-refractivity contribution in [3.8, 4) is 16.9 Å². The Kier molecular flexibility index (Phi) is 5.20. The first kappa shape index (κ1) is 18.7. The quantitative estimate of drug-likeness (QED) is 0.560. The van der Waals surface area contributed by atoms with Crippen molar-refractivity contribution in [1.82, 2.24) is 9.88 Å². The van der Waals surface area contributed by atoms with E-state index in [0.717, 1.165) is 25.9 Å². The van der Waals surface area contributed by atoms with Crippen molar-refractivity contribution in [3.05, 3.63) is 81.8 Å². The lowest BCUT2D eigenvalue weighted by molar-refractivity contribution is -0.127. The summed E-state index contributed by atoms with van der Waals surface area (Å²) in [5.41, 5.74) is 4.37. The molecule has 0 N–H and O–H groups in total. The maximum Gasteiger partial charge on any atom is 0.246 e. The number of halogens is 1. The molecule has 0 spiro atoms. The lowest BCUT2D eigenvalue weighted by atomic mass is 9.84. The summed E-state index contributed by atoms with van der Waals surface area (Å²) in [5.74, 6) is 0.665. The fourth-order valence-corrected chi connectivity index (χ4v) is 5.05. The number of amides is 1. The lowest BCUT2D eigenvalue weighted by Gasteiger charge is -2.33. The predicted octanol–water partition coefficient (Wildman–Crippen LogP) is 5.13. The van der Waals surface area contributed by atoms with Crippen LogP contribution >= 0.6 is 22.9 Å². The summed E-state index contributed by atoms with van der Waals surface area (Å²) < 4.78 is 6.08. The normalized spacial score (nSPS) is 15.8. The zero-order valence-electron chi connectivity index (χ0n) is 15.4. The first-order valence-electron chi connectivity index (χ1n) is 8.88. The summed E-state index contributed by atoms with van der Waals surface area (Å²) in [6.07, 6.45) is 4.89. The van der Waals surface area contributed by atoms with Gasteiger partial charge in [0.25, 0.3) is 0 Å². The molecule has 2 aromatic heterocycles. The second-order valence-electron chi connectivity index (χ2n) is 6.61. The minimum absolute atomic E-state index is 0.0267. The van der Waals surface area contributed by atoms with Crippen LogP contribution in [0.5, 0.6) is 5.75 Å². The van der Waals surface area contributed by atoms with Crippen LogP contribution in [0.25, 0.3) is 11.1 Å². The Morgan fingerprint density at radius 1 is 1.32 bits per heavy atom. The van der Waals surface area contributed by atoms with Crippen molar-refractivity contribution in [2.75, 3.05) is 13.7 Å². The van der Waals surface area contributed by atoms with Crippen molar-refractivity contribution in [2.24, 2.45) is 0 Å². The molecule has 3 heterocycles. The molecular formula is C22H19ClN2O2S. The summed E-state index contributed by atoms with van der Waals surface area (Å²) in [4.78, 5) is 19.6. The molecule has 0 bridgehead atoms. The number of rotatable bonds is 4. The summed E-state index contributed by atoms with van der Waals surface area (Å²) in [6.45, 7) is 4.79. The third kappa shape index (κ3) is 3.43. The highest BCUT2D eigenvalue weighted by Gasteiger charge is 2.31. The molecule has 0 fully saturated rings. The monoisotopic (exact) mass is 410 g/mol. The van der Waals surface area contributed by atoms with Gasteiger partial charge in [-0.25, -0.2) is 0 Å². The largest absolute Gasteiger partial charge is 0.495 e. The Balaban J connectivity index is 1.84. The van der Waals surface area contributed by atoms with Crippen LogP contribution in [0.1, 0.15) is 21.9 Å². The molecule has 142 valence electrons. The van der Waals surface area contributed by atoms with Crippen LogP contribution in [-0.2, 0) is 11.3 Å². The Morgan fingerprint density at radius 3 is 2.93 bits per heavy atom. The number of ether oxygens (including phenoxy) is 1. The van der Waals surface area contributed by atoms with Crippen LogP contribution < -0.4 is 4.74 Å². The maximum absolute atomic E-state index is 12.4. The second kappa shape index (κ2) is 7.78. The summed E-state index contributed by atoms with van der Waals surface area (Å²) in [5, 5.41) is 0. The van der Waals surface area contributed by atoms with Gasteiger partial charge in [-0.3, -0.25) is 9.78 Å². The summed E-state index contributed by atoms with van der Waals surface area (Å²) in [6, 6.07) is 12.2. The molecule has 1 amide bonds. The minimum Gasteiger partial charge on any atom is -0.495 e. The first-order valence-corrected chi connectivity index (χ1v) is 10.1. The first-order chi connectivity index (χ1) is 13.6. The molecule has 1 aliphatic heterocycles. The van der Waals surface area contributed by atoms with Gasteiger partial charge >= 0.3 is 0 Å². The van der Waals surface area contributed by atoms with Crippen LogP contribution in [0.15, 0.2) is 61.4 Å². The molecule has 3 aromatic rings. The Morgan fingerprint density at radius 2 is 2.14 bits per heavy atom. The number of thiophene rings is 1. The predicted molar refractivity (Wildman–Crippen MR) is 113 cm³/mol. The SMILES string of the molecule is C=CC(=O)N1Cc2sc(Cl)cc2[C@@H](c2ccccc2-c2cncc(OC)c2)C1. The van der Waals surface area contributed by atoms with Crippen LogP contribution in [0.4, 0.5) is 0 Å². The topological polar surface area (TPSA) is 42.4 Å². The number of benzene rings is 1. The minimum atomic E-state index is -0.0688. The highest BCUT2D eigenvalue weighted by atomic mass is 35.5. The molecule has 0 radical (unpaired) electrons. The summed E-state index contributed by atoms with van der Waals surface area (Å²) >= 11 is 7.86. The molecule has 1 aromatic carbocycles. The Bertz CT molecular complexity index is 1050. The van der Waals surface area contributed by atoms with E-state index in [2.05, 4.69) is 23.7 Å². The van der Waals surface area contributed by atoms with Crippen molar-refractivity contribution < 1.29 is 9.53 Å². The molecule has 6 heteroatoms. The van der Waals surface area contributed by atoms with Crippen molar-refractivity contribution >= 4 is 28.8 Å². The standard InChI is InChI=1S/C22H19ClN2O2S/c1-3-22(26)25-12-19(18-9-21(23)28-20(18)13-25)17-7-5-4-6-16(17)14-8-15(27-2)11-24-10-14/h3-11,19H,1,12-13H2,2H3/t19-/m1/s1. The van der Waals surface area contributed by atoms with E-state index in [1.54, 1.807) is 13.3 Å². The van der Waals surface area contributed by atoms with Gasteiger partial charge in [0.2, 0.25) is 5.91 Å². The van der Waals surface area contributed by atoms with Gasteiger partial charge < -0.3 is 9.64 Å². The van der Waals surface area contributed by atoms with E-state index in [-0.39, 0.29) is 11.8 Å².